The average molecular weight is 454 g/mol. The predicted molar refractivity (Wildman–Crippen MR) is 136 cm³/mol. The van der Waals surface area contributed by atoms with Crippen molar-refractivity contribution >= 4 is 18.4 Å². The van der Waals surface area contributed by atoms with Crippen molar-refractivity contribution < 1.29 is 9.53 Å². The number of rotatable bonds is 20. The van der Waals surface area contributed by atoms with Crippen LogP contribution in [0.25, 0.3) is 0 Å². The summed E-state index contributed by atoms with van der Waals surface area (Å²) in [5.74, 6) is -0.278. The number of halogens is 1. The first kappa shape index (κ1) is 29.9. The van der Waals surface area contributed by atoms with E-state index in [2.05, 4.69) is 6.92 Å². The molecule has 0 bridgehead atoms. The molecule has 0 aromatic heterocycles. The van der Waals surface area contributed by atoms with Crippen LogP contribution in [0.1, 0.15) is 115 Å². The van der Waals surface area contributed by atoms with Crippen LogP contribution in [0.3, 0.4) is 0 Å². The summed E-state index contributed by atoms with van der Waals surface area (Å²) in [4.78, 5) is 12.0. The lowest BCUT2D eigenvalue weighted by atomic mass is 10.0. The number of nitrogens with two attached hydrogens (primary N) is 1. The summed E-state index contributed by atoms with van der Waals surface area (Å²) in [5, 5.41) is 0. The van der Waals surface area contributed by atoms with E-state index in [4.69, 9.17) is 10.5 Å². The summed E-state index contributed by atoms with van der Waals surface area (Å²) >= 11 is 0. The minimum absolute atomic E-state index is 0. The molecule has 3 nitrogen and oxygen atoms in total. The summed E-state index contributed by atoms with van der Waals surface area (Å²) in [6, 6.07) is 9.30. The largest absolute Gasteiger partial charge is 0.465 e. The number of unbranched alkanes of at least 4 members (excludes halogenated alkanes) is 15. The normalized spacial score (nSPS) is 11.7. The highest BCUT2D eigenvalue weighted by Crippen LogP contribution is 2.13. The molecule has 0 aliphatic rings. The van der Waals surface area contributed by atoms with Crippen molar-refractivity contribution in [2.24, 2.45) is 5.73 Å². The fourth-order valence-electron chi connectivity index (χ4n) is 3.88. The van der Waals surface area contributed by atoms with Crippen LogP contribution >= 0.6 is 12.4 Å². The van der Waals surface area contributed by atoms with E-state index < -0.39 is 6.04 Å². The first-order valence-electron chi connectivity index (χ1n) is 12.7. The highest BCUT2D eigenvalue weighted by molar-refractivity contribution is 5.85. The Hall–Kier alpha value is -1.06. The highest BCUT2D eigenvalue weighted by atomic mass is 35.5. The Balaban J connectivity index is 0.00000900. The van der Waals surface area contributed by atoms with E-state index in [0.29, 0.717) is 13.0 Å². The molecule has 0 amide bonds. The lowest BCUT2D eigenvalue weighted by Crippen LogP contribution is -2.34. The van der Waals surface area contributed by atoms with Crippen molar-refractivity contribution in [3.05, 3.63) is 35.9 Å². The van der Waals surface area contributed by atoms with Gasteiger partial charge in [0.25, 0.3) is 0 Å². The molecule has 0 aliphatic heterocycles. The van der Waals surface area contributed by atoms with Crippen LogP contribution in [0.4, 0.5) is 0 Å². The quantitative estimate of drug-likeness (QED) is 0.162. The van der Waals surface area contributed by atoms with Gasteiger partial charge in [-0.15, -0.1) is 12.4 Å². The molecule has 0 saturated carbocycles. The molecule has 0 fully saturated rings. The molecule has 180 valence electrons. The van der Waals surface area contributed by atoms with Crippen molar-refractivity contribution in [2.75, 3.05) is 6.61 Å². The Labute approximate surface area is 198 Å². The van der Waals surface area contributed by atoms with Gasteiger partial charge in [0.1, 0.15) is 6.04 Å². The Morgan fingerprint density at radius 1 is 0.742 bits per heavy atom. The second-order valence-corrected chi connectivity index (χ2v) is 8.77. The van der Waals surface area contributed by atoms with Crippen LogP contribution < -0.4 is 5.73 Å². The fraction of sp³-hybridized carbons (Fsp3) is 0.741. The number of benzene rings is 1. The summed E-state index contributed by atoms with van der Waals surface area (Å²) in [6.45, 7) is 2.78. The van der Waals surface area contributed by atoms with Crippen molar-refractivity contribution in [3.8, 4) is 0 Å². The Kier molecular flexibility index (Phi) is 21.4. The zero-order valence-corrected chi connectivity index (χ0v) is 20.8. The van der Waals surface area contributed by atoms with Crippen molar-refractivity contribution in [1.82, 2.24) is 0 Å². The summed E-state index contributed by atoms with van der Waals surface area (Å²) in [5.41, 5.74) is 7.02. The van der Waals surface area contributed by atoms with Gasteiger partial charge in [-0.1, -0.05) is 134 Å². The van der Waals surface area contributed by atoms with Crippen LogP contribution in [0.2, 0.25) is 0 Å². The third-order valence-electron chi connectivity index (χ3n) is 5.84. The van der Waals surface area contributed by atoms with Gasteiger partial charge in [0, 0.05) is 0 Å². The maximum absolute atomic E-state index is 12.0. The topological polar surface area (TPSA) is 52.3 Å². The molecule has 0 spiro atoms. The number of hydrogen-bond donors (Lipinski definition) is 1. The third-order valence-corrected chi connectivity index (χ3v) is 5.84. The van der Waals surface area contributed by atoms with E-state index in [1.165, 1.54) is 89.9 Å². The van der Waals surface area contributed by atoms with Crippen LogP contribution in [-0.2, 0) is 16.0 Å². The number of hydrogen-bond acceptors (Lipinski definition) is 3. The monoisotopic (exact) mass is 453 g/mol. The van der Waals surface area contributed by atoms with Gasteiger partial charge in [0.05, 0.1) is 6.61 Å². The van der Waals surface area contributed by atoms with Gasteiger partial charge in [-0.25, -0.2) is 0 Å². The van der Waals surface area contributed by atoms with Gasteiger partial charge in [-0.05, 0) is 18.4 Å². The smallest absolute Gasteiger partial charge is 0.323 e. The minimum Gasteiger partial charge on any atom is -0.465 e. The Bertz CT molecular complexity index is 509. The van der Waals surface area contributed by atoms with Crippen molar-refractivity contribution in [3.63, 3.8) is 0 Å². The molecule has 1 rings (SSSR count). The van der Waals surface area contributed by atoms with Crippen molar-refractivity contribution in [1.29, 1.82) is 0 Å². The third kappa shape index (κ3) is 18.2. The number of esters is 1. The molecule has 1 atom stereocenters. The highest BCUT2D eigenvalue weighted by Gasteiger charge is 2.15. The molecule has 0 radical (unpaired) electrons. The summed E-state index contributed by atoms with van der Waals surface area (Å²) < 4.78 is 5.33. The summed E-state index contributed by atoms with van der Waals surface area (Å²) in [7, 11) is 0. The second-order valence-electron chi connectivity index (χ2n) is 8.77. The van der Waals surface area contributed by atoms with Crippen LogP contribution in [-0.4, -0.2) is 18.6 Å². The number of carbonyl (C=O) groups excluding carboxylic acids is 1. The summed E-state index contributed by atoms with van der Waals surface area (Å²) in [6.07, 6.45) is 22.1. The van der Waals surface area contributed by atoms with Crippen LogP contribution in [0.5, 0.6) is 0 Å². The van der Waals surface area contributed by atoms with Crippen LogP contribution in [0.15, 0.2) is 30.3 Å². The van der Waals surface area contributed by atoms with Crippen molar-refractivity contribution in [2.45, 2.75) is 122 Å². The molecule has 0 aliphatic carbocycles. The lowest BCUT2D eigenvalue weighted by Gasteiger charge is -2.11. The van der Waals surface area contributed by atoms with Crippen LogP contribution in [0, 0.1) is 0 Å². The first-order valence-corrected chi connectivity index (χ1v) is 12.7. The van der Waals surface area contributed by atoms with E-state index >= 15 is 0 Å². The minimum atomic E-state index is -0.562. The van der Waals surface area contributed by atoms with Gasteiger partial charge in [-0.3, -0.25) is 4.79 Å². The van der Waals surface area contributed by atoms with E-state index in [-0.39, 0.29) is 18.4 Å². The predicted octanol–water partition coefficient (Wildman–Crippen LogP) is 7.78. The lowest BCUT2D eigenvalue weighted by molar-refractivity contribution is -0.145. The number of carbonyl (C=O) groups is 1. The van der Waals surface area contributed by atoms with Gasteiger partial charge in [0.15, 0.2) is 0 Å². The molecular formula is C27H48ClNO2. The SMILES string of the molecule is CCCCCCCCCCCCCCCCCCOC(=O)C(N)Cc1ccccc1.Cl. The molecular weight excluding hydrogens is 406 g/mol. The Morgan fingerprint density at radius 3 is 1.61 bits per heavy atom. The van der Waals surface area contributed by atoms with Gasteiger partial charge < -0.3 is 10.5 Å². The average Bonchev–Trinajstić information content (AvgIpc) is 2.76. The zero-order chi connectivity index (χ0) is 21.7. The first-order chi connectivity index (χ1) is 14.7. The zero-order valence-electron chi connectivity index (χ0n) is 20.0. The maximum atomic E-state index is 12.0. The fourth-order valence-corrected chi connectivity index (χ4v) is 3.88. The van der Waals surface area contributed by atoms with Gasteiger partial charge >= 0.3 is 5.97 Å². The molecule has 1 unspecified atom stereocenters. The molecule has 31 heavy (non-hydrogen) atoms. The molecule has 0 saturated heterocycles. The molecule has 1 aromatic carbocycles. The second kappa shape index (κ2) is 22.1. The molecule has 0 heterocycles. The van der Waals surface area contributed by atoms with E-state index in [9.17, 15) is 4.79 Å². The molecule has 4 heteroatoms. The van der Waals surface area contributed by atoms with E-state index in [1.807, 2.05) is 30.3 Å². The standard InChI is InChI=1S/C27H47NO2.ClH/c1-2-3-4-5-6-7-8-9-10-11-12-13-14-15-16-20-23-30-27(29)26(28)24-25-21-18-17-19-22-25;/h17-19,21-22,26H,2-16,20,23-24,28H2,1H3;1H. The van der Waals surface area contributed by atoms with E-state index in [1.54, 1.807) is 0 Å². The Morgan fingerprint density at radius 2 is 1.16 bits per heavy atom. The maximum Gasteiger partial charge on any atom is 0.323 e. The van der Waals surface area contributed by atoms with E-state index in [0.717, 1.165) is 18.4 Å². The number of ether oxygens (including phenoxy) is 1. The molecule has 1 aromatic rings. The van der Waals surface area contributed by atoms with Gasteiger partial charge in [0.2, 0.25) is 0 Å². The van der Waals surface area contributed by atoms with Gasteiger partial charge in [-0.2, -0.15) is 0 Å². The molecule has 2 N–H and O–H groups in total.